The van der Waals surface area contributed by atoms with Crippen LogP contribution >= 0.6 is 11.8 Å². The van der Waals surface area contributed by atoms with E-state index in [1.54, 1.807) is 11.8 Å². The molecule has 1 unspecified atom stereocenters. The predicted octanol–water partition coefficient (Wildman–Crippen LogP) is 4.06. The monoisotopic (exact) mass is 355 g/mol. The quantitative estimate of drug-likeness (QED) is 0.735. The van der Waals surface area contributed by atoms with Crippen molar-refractivity contribution < 1.29 is 14.7 Å². The van der Waals surface area contributed by atoms with Gasteiger partial charge in [-0.3, -0.25) is 9.59 Å². The van der Waals surface area contributed by atoms with Gasteiger partial charge >= 0.3 is 5.97 Å². The van der Waals surface area contributed by atoms with Crippen molar-refractivity contribution in [3.05, 3.63) is 65.2 Å². The van der Waals surface area contributed by atoms with Crippen LogP contribution in [0.3, 0.4) is 0 Å². The number of amides is 1. The van der Waals surface area contributed by atoms with E-state index < -0.39 is 5.97 Å². The van der Waals surface area contributed by atoms with Crippen LogP contribution in [0.25, 0.3) is 0 Å². The Morgan fingerprint density at radius 3 is 2.84 bits per heavy atom. The van der Waals surface area contributed by atoms with Gasteiger partial charge in [-0.25, -0.2) is 0 Å². The van der Waals surface area contributed by atoms with Crippen molar-refractivity contribution in [2.45, 2.75) is 30.9 Å². The molecule has 0 saturated heterocycles. The molecule has 2 aromatic carbocycles. The fourth-order valence-electron chi connectivity index (χ4n) is 3.15. The molecule has 1 aliphatic carbocycles. The molecule has 1 amide bonds. The first kappa shape index (κ1) is 17.5. The Labute approximate surface area is 151 Å². The van der Waals surface area contributed by atoms with Crippen LogP contribution in [0.2, 0.25) is 0 Å². The molecule has 25 heavy (non-hydrogen) atoms. The first-order chi connectivity index (χ1) is 12.1. The standard InChI is InChI=1S/C20H21NO3S/c22-19(23)10-11-25-13-14-4-3-6-16(12-14)21-20(24)18-9-8-15-5-1-2-7-17(15)18/h1-7,12,18H,8-11,13H2,(H,21,24)(H,22,23). The van der Waals surface area contributed by atoms with Gasteiger partial charge in [0.25, 0.3) is 0 Å². The lowest BCUT2D eigenvalue weighted by Gasteiger charge is -2.13. The van der Waals surface area contributed by atoms with E-state index in [0.29, 0.717) is 5.75 Å². The Morgan fingerprint density at radius 1 is 1.16 bits per heavy atom. The first-order valence-corrected chi connectivity index (χ1v) is 9.56. The summed E-state index contributed by atoms with van der Waals surface area (Å²) in [4.78, 5) is 23.2. The van der Waals surface area contributed by atoms with Gasteiger partial charge in [-0.2, -0.15) is 11.8 Å². The van der Waals surface area contributed by atoms with E-state index in [4.69, 9.17) is 5.11 Å². The number of hydrogen-bond donors (Lipinski definition) is 2. The van der Waals surface area contributed by atoms with Crippen molar-refractivity contribution in [3.8, 4) is 0 Å². The molecule has 4 nitrogen and oxygen atoms in total. The molecule has 0 saturated carbocycles. The minimum atomic E-state index is -0.773. The molecule has 1 aliphatic rings. The number of rotatable bonds is 7. The summed E-state index contributed by atoms with van der Waals surface area (Å²) in [5, 5.41) is 11.7. The maximum Gasteiger partial charge on any atom is 0.304 e. The predicted molar refractivity (Wildman–Crippen MR) is 101 cm³/mol. The maximum atomic E-state index is 12.6. The van der Waals surface area contributed by atoms with Crippen LogP contribution in [0.15, 0.2) is 48.5 Å². The largest absolute Gasteiger partial charge is 0.481 e. The summed E-state index contributed by atoms with van der Waals surface area (Å²) < 4.78 is 0. The van der Waals surface area contributed by atoms with Crippen molar-refractivity contribution in [2.75, 3.05) is 11.1 Å². The Bertz CT molecular complexity index is 775. The molecule has 0 aromatic heterocycles. The SMILES string of the molecule is O=C(O)CCSCc1cccc(NC(=O)C2CCc3ccccc32)c1. The van der Waals surface area contributed by atoms with Crippen LogP contribution in [0.5, 0.6) is 0 Å². The molecule has 0 bridgehead atoms. The third kappa shape index (κ3) is 4.63. The van der Waals surface area contributed by atoms with Gasteiger partial charge in [0.05, 0.1) is 12.3 Å². The van der Waals surface area contributed by atoms with Crippen LogP contribution in [0, 0.1) is 0 Å². The topological polar surface area (TPSA) is 66.4 Å². The fraction of sp³-hybridized carbons (Fsp3) is 0.300. The summed E-state index contributed by atoms with van der Waals surface area (Å²) in [6, 6.07) is 15.9. The number of carboxylic acid groups (broad SMARTS) is 1. The number of aryl methyl sites for hydroxylation is 1. The molecule has 0 aliphatic heterocycles. The first-order valence-electron chi connectivity index (χ1n) is 8.40. The van der Waals surface area contributed by atoms with Crippen LogP contribution in [-0.2, 0) is 21.8 Å². The van der Waals surface area contributed by atoms with Crippen LogP contribution in [0.4, 0.5) is 5.69 Å². The zero-order valence-corrected chi connectivity index (χ0v) is 14.7. The summed E-state index contributed by atoms with van der Waals surface area (Å²) in [7, 11) is 0. The van der Waals surface area contributed by atoms with Crippen molar-refractivity contribution in [2.24, 2.45) is 0 Å². The molecule has 1 atom stereocenters. The molecular formula is C20H21NO3S. The molecule has 5 heteroatoms. The Balaban J connectivity index is 1.59. The van der Waals surface area contributed by atoms with Gasteiger partial charge in [-0.05, 0) is 41.7 Å². The molecule has 2 aromatic rings. The molecule has 2 N–H and O–H groups in total. The van der Waals surface area contributed by atoms with Gasteiger partial charge in [0.1, 0.15) is 0 Å². The van der Waals surface area contributed by atoms with Crippen LogP contribution in [-0.4, -0.2) is 22.7 Å². The number of carbonyl (C=O) groups excluding carboxylic acids is 1. The van der Waals surface area contributed by atoms with E-state index in [-0.39, 0.29) is 18.2 Å². The number of thioether (sulfide) groups is 1. The van der Waals surface area contributed by atoms with Crippen LogP contribution in [0.1, 0.15) is 35.4 Å². The summed E-state index contributed by atoms with van der Waals surface area (Å²) >= 11 is 1.58. The number of carboxylic acids is 1. The Hall–Kier alpha value is -2.27. The van der Waals surface area contributed by atoms with Gasteiger partial charge in [0.2, 0.25) is 5.91 Å². The number of carbonyl (C=O) groups is 2. The second-order valence-electron chi connectivity index (χ2n) is 6.18. The van der Waals surface area contributed by atoms with E-state index >= 15 is 0 Å². The summed E-state index contributed by atoms with van der Waals surface area (Å²) in [6.07, 6.45) is 1.98. The van der Waals surface area contributed by atoms with E-state index in [1.165, 1.54) is 5.56 Å². The second-order valence-corrected chi connectivity index (χ2v) is 7.28. The maximum absolute atomic E-state index is 12.6. The van der Waals surface area contributed by atoms with Gasteiger partial charge in [-0.1, -0.05) is 36.4 Å². The molecule has 0 spiro atoms. The molecule has 3 rings (SSSR count). The minimum Gasteiger partial charge on any atom is -0.481 e. The molecular weight excluding hydrogens is 334 g/mol. The summed E-state index contributed by atoms with van der Waals surface area (Å²) in [5.74, 6) is 0.518. The number of aliphatic carboxylic acids is 1. The van der Waals surface area contributed by atoms with Crippen molar-refractivity contribution in [1.82, 2.24) is 0 Å². The van der Waals surface area contributed by atoms with E-state index in [2.05, 4.69) is 11.4 Å². The summed E-state index contributed by atoms with van der Waals surface area (Å²) in [6.45, 7) is 0. The van der Waals surface area contributed by atoms with Crippen LogP contribution < -0.4 is 5.32 Å². The summed E-state index contributed by atoms with van der Waals surface area (Å²) in [5.41, 5.74) is 4.29. The van der Waals surface area contributed by atoms with Crippen molar-refractivity contribution >= 4 is 29.3 Å². The Kier molecular flexibility index (Phi) is 5.76. The fourth-order valence-corrected chi connectivity index (χ4v) is 4.03. The van der Waals surface area contributed by atoms with Gasteiger partial charge < -0.3 is 10.4 Å². The number of benzene rings is 2. The second kappa shape index (κ2) is 8.21. The highest BCUT2D eigenvalue weighted by Crippen LogP contribution is 2.33. The lowest BCUT2D eigenvalue weighted by molar-refractivity contribution is -0.136. The van der Waals surface area contributed by atoms with Gasteiger partial charge in [-0.15, -0.1) is 0 Å². The zero-order valence-electron chi connectivity index (χ0n) is 13.9. The van der Waals surface area contributed by atoms with Crippen molar-refractivity contribution in [1.29, 1.82) is 0 Å². The van der Waals surface area contributed by atoms with Gasteiger partial charge in [0.15, 0.2) is 0 Å². The van der Waals surface area contributed by atoms with Gasteiger partial charge in [0, 0.05) is 17.2 Å². The highest BCUT2D eigenvalue weighted by Gasteiger charge is 2.28. The number of hydrogen-bond acceptors (Lipinski definition) is 3. The third-order valence-electron chi connectivity index (χ3n) is 4.37. The zero-order chi connectivity index (χ0) is 17.6. The average molecular weight is 355 g/mol. The minimum absolute atomic E-state index is 0.0423. The molecule has 0 heterocycles. The van der Waals surface area contributed by atoms with E-state index in [9.17, 15) is 9.59 Å². The number of nitrogens with one attached hydrogen (secondary N) is 1. The average Bonchev–Trinajstić information content (AvgIpc) is 3.03. The molecule has 0 fully saturated rings. The number of fused-ring (bicyclic) bond motifs is 1. The number of anilines is 1. The third-order valence-corrected chi connectivity index (χ3v) is 5.40. The van der Waals surface area contributed by atoms with E-state index in [1.807, 2.05) is 42.5 Å². The van der Waals surface area contributed by atoms with E-state index in [0.717, 1.165) is 35.4 Å². The van der Waals surface area contributed by atoms with Crippen molar-refractivity contribution in [3.63, 3.8) is 0 Å². The highest BCUT2D eigenvalue weighted by molar-refractivity contribution is 7.98. The Morgan fingerprint density at radius 2 is 2.00 bits per heavy atom. The lowest BCUT2D eigenvalue weighted by atomic mass is 10.0. The molecule has 130 valence electrons. The normalized spacial score (nSPS) is 15.6. The molecule has 0 radical (unpaired) electrons. The highest BCUT2D eigenvalue weighted by atomic mass is 32.2. The smallest absolute Gasteiger partial charge is 0.304 e. The lowest BCUT2D eigenvalue weighted by Crippen LogP contribution is -2.19.